The third-order valence-corrected chi connectivity index (χ3v) is 1.98. The molecular weight excluding hydrogens is 232 g/mol. The number of carbonyl (C=O) groups excluding carboxylic acids is 1. The summed E-state index contributed by atoms with van der Waals surface area (Å²) in [5.74, 6) is 0. The Bertz CT molecular complexity index is 62.6. The Morgan fingerprint density at radius 1 is 1.67 bits per heavy atom. The van der Waals surface area contributed by atoms with Crippen LogP contribution in [0.3, 0.4) is 0 Å². The second-order valence-electron chi connectivity index (χ2n) is 0.639. The van der Waals surface area contributed by atoms with E-state index in [-0.39, 0.29) is 8.85 Å². The van der Waals surface area contributed by atoms with Crippen LogP contribution in [0.15, 0.2) is 0 Å². The van der Waals surface area contributed by atoms with E-state index in [1.54, 1.807) is 0 Å². The van der Waals surface area contributed by atoms with Gasteiger partial charge < -0.3 is 0 Å². The Hall–Kier alpha value is 0.980. The van der Waals surface area contributed by atoms with Crippen LogP contribution in [0, 0.1) is 0 Å². The molecule has 0 heterocycles. The van der Waals surface area contributed by atoms with Crippen molar-refractivity contribution in [3.8, 4) is 0 Å². The van der Waals surface area contributed by atoms with E-state index in [9.17, 15) is 4.79 Å². The van der Waals surface area contributed by atoms with Crippen molar-refractivity contribution in [3.05, 3.63) is 0 Å². The van der Waals surface area contributed by atoms with Crippen molar-refractivity contribution in [2.24, 2.45) is 0 Å². The number of rotatable bonds is 1. The number of hydrogen-bond acceptors (Lipinski definition) is 1. The fourth-order valence-electron chi connectivity index (χ4n) is 0. The van der Waals surface area contributed by atoms with Gasteiger partial charge in [-0.2, -0.15) is 0 Å². The second-order valence-corrected chi connectivity index (χ2v) is 4.14. The van der Waals surface area contributed by atoms with Gasteiger partial charge in [-0.1, -0.05) is 31.9 Å². The van der Waals surface area contributed by atoms with Crippen molar-refractivity contribution in [2.45, 2.75) is 3.74 Å². The van der Waals surface area contributed by atoms with Crippen molar-refractivity contribution in [1.82, 2.24) is 0 Å². The molecule has 4 heteroatoms. The molecular formula is C2H2Br2OS. The van der Waals surface area contributed by atoms with Crippen molar-refractivity contribution >= 4 is 49.6 Å². The van der Waals surface area contributed by atoms with Gasteiger partial charge in [-0.05, 0) is 0 Å². The molecule has 0 saturated heterocycles. The van der Waals surface area contributed by atoms with Crippen LogP contribution < -0.4 is 0 Å². The number of hydrogen-bond donors (Lipinski definition) is 1. The number of carbonyl (C=O) groups is 1. The number of alkyl halides is 2. The molecule has 0 amide bonds. The summed E-state index contributed by atoms with van der Waals surface area (Å²) in [6.07, 6.45) is 0. The standard InChI is InChI=1S/C2H2Br2OS/c3-1(4)2(5)6/h1H,(H,5,6). The van der Waals surface area contributed by atoms with Gasteiger partial charge in [0, 0.05) is 0 Å². The summed E-state index contributed by atoms with van der Waals surface area (Å²) in [5, 5.41) is -0.213. The Morgan fingerprint density at radius 3 is 1.83 bits per heavy atom. The van der Waals surface area contributed by atoms with Crippen LogP contribution in [0.4, 0.5) is 0 Å². The lowest BCUT2D eigenvalue weighted by atomic mass is 10.9. The van der Waals surface area contributed by atoms with E-state index in [0.717, 1.165) is 0 Å². The van der Waals surface area contributed by atoms with Gasteiger partial charge in [0.15, 0.2) is 0 Å². The molecule has 0 aromatic rings. The summed E-state index contributed by atoms with van der Waals surface area (Å²) in [6, 6.07) is 0. The van der Waals surface area contributed by atoms with E-state index in [4.69, 9.17) is 0 Å². The minimum Gasteiger partial charge on any atom is -0.285 e. The molecule has 0 aromatic heterocycles. The van der Waals surface area contributed by atoms with E-state index >= 15 is 0 Å². The lowest BCUT2D eigenvalue weighted by Crippen LogP contribution is -1.93. The average molecular weight is 234 g/mol. The molecule has 0 atom stereocenters. The summed E-state index contributed by atoms with van der Waals surface area (Å²) in [7, 11) is 0. The maximum Gasteiger partial charge on any atom is 0.210 e. The first-order chi connectivity index (χ1) is 2.64. The smallest absolute Gasteiger partial charge is 0.210 e. The Morgan fingerprint density at radius 2 is 1.83 bits per heavy atom. The summed E-state index contributed by atoms with van der Waals surface area (Å²) < 4.78 is -0.298. The molecule has 0 saturated carbocycles. The minimum absolute atomic E-state index is 0.213. The molecule has 0 bridgehead atoms. The summed E-state index contributed by atoms with van der Waals surface area (Å²) in [4.78, 5) is 9.91. The lowest BCUT2D eigenvalue weighted by molar-refractivity contribution is -0.108. The van der Waals surface area contributed by atoms with Crippen molar-refractivity contribution in [3.63, 3.8) is 0 Å². The molecule has 0 rings (SSSR count). The molecule has 0 spiro atoms. The summed E-state index contributed by atoms with van der Waals surface area (Å²) in [5.41, 5.74) is 0. The zero-order chi connectivity index (χ0) is 5.15. The highest BCUT2D eigenvalue weighted by Crippen LogP contribution is 2.09. The van der Waals surface area contributed by atoms with Gasteiger partial charge in [0.25, 0.3) is 0 Å². The quantitative estimate of drug-likeness (QED) is 0.538. The third-order valence-electron chi connectivity index (χ3n) is 0.187. The Labute approximate surface area is 58.2 Å². The number of thiol groups is 1. The highest BCUT2D eigenvalue weighted by atomic mass is 79.9. The van der Waals surface area contributed by atoms with Crippen molar-refractivity contribution in [2.75, 3.05) is 0 Å². The van der Waals surface area contributed by atoms with Gasteiger partial charge in [0.1, 0.15) is 3.74 Å². The molecule has 0 aliphatic carbocycles. The highest BCUT2D eigenvalue weighted by molar-refractivity contribution is 9.25. The van der Waals surface area contributed by atoms with Crippen molar-refractivity contribution < 1.29 is 4.79 Å². The van der Waals surface area contributed by atoms with Crippen LogP contribution in [0.2, 0.25) is 0 Å². The van der Waals surface area contributed by atoms with Gasteiger partial charge in [-0.25, -0.2) is 0 Å². The van der Waals surface area contributed by atoms with E-state index in [0.29, 0.717) is 0 Å². The third kappa shape index (κ3) is 3.18. The van der Waals surface area contributed by atoms with Gasteiger partial charge in [-0.15, -0.1) is 12.6 Å². The lowest BCUT2D eigenvalue weighted by Gasteiger charge is -1.85. The highest BCUT2D eigenvalue weighted by Gasteiger charge is 2.01. The van der Waals surface area contributed by atoms with Crippen LogP contribution >= 0.6 is 44.5 Å². The van der Waals surface area contributed by atoms with E-state index in [1.165, 1.54) is 0 Å². The van der Waals surface area contributed by atoms with Crippen LogP contribution in [0.1, 0.15) is 0 Å². The second kappa shape index (κ2) is 3.04. The SMILES string of the molecule is O=C(S)C(Br)Br. The molecule has 6 heavy (non-hydrogen) atoms. The minimum atomic E-state index is -0.298. The largest absolute Gasteiger partial charge is 0.285 e. The van der Waals surface area contributed by atoms with E-state index < -0.39 is 0 Å². The maximum atomic E-state index is 9.91. The predicted octanol–water partition coefficient (Wildman–Crippen LogP) is 1.56. The van der Waals surface area contributed by atoms with Gasteiger partial charge in [-0.3, -0.25) is 4.79 Å². The number of halogens is 2. The fraction of sp³-hybridized carbons (Fsp3) is 0.500. The molecule has 1 nitrogen and oxygen atoms in total. The normalized spacial score (nSPS) is 9.33. The summed E-state index contributed by atoms with van der Waals surface area (Å²) >= 11 is 9.32. The first-order valence-corrected chi connectivity index (χ1v) is 3.43. The summed E-state index contributed by atoms with van der Waals surface area (Å²) in [6.45, 7) is 0. The molecule has 0 aliphatic rings. The molecule has 0 aliphatic heterocycles. The molecule has 0 fully saturated rings. The average Bonchev–Trinajstić information content (AvgIpc) is 1.36. The molecule has 0 N–H and O–H groups in total. The molecule has 0 unspecified atom stereocenters. The first-order valence-electron chi connectivity index (χ1n) is 1.15. The molecule has 0 radical (unpaired) electrons. The van der Waals surface area contributed by atoms with Crippen LogP contribution in [0.25, 0.3) is 0 Å². The maximum absolute atomic E-state index is 9.91. The predicted molar refractivity (Wildman–Crippen MR) is 35.6 cm³/mol. The van der Waals surface area contributed by atoms with E-state index in [2.05, 4.69) is 44.5 Å². The van der Waals surface area contributed by atoms with Crippen LogP contribution in [0.5, 0.6) is 0 Å². The van der Waals surface area contributed by atoms with Crippen LogP contribution in [-0.4, -0.2) is 8.85 Å². The van der Waals surface area contributed by atoms with Gasteiger partial charge in [0.05, 0.1) is 0 Å². The van der Waals surface area contributed by atoms with Crippen molar-refractivity contribution in [1.29, 1.82) is 0 Å². The zero-order valence-corrected chi connectivity index (χ0v) is 6.76. The van der Waals surface area contributed by atoms with Gasteiger partial charge in [0.2, 0.25) is 5.12 Å². The van der Waals surface area contributed by atoms with Gasteiger partial charge >= 0.3 is 0 Å². The monoisotopic (exact) mass is 232 g/mol. The van der Waals surface area contributed by atoms with E-state index in [1.807, 2.05) is 0 Å². The topological polar surface area (TPSA) is 17.1 Å². The molecule has 0 aromatic carbocycles. The Kier molecular flexibility index (Phi) is 3.54. The first kappa shape index (κ1) is 6.98. The fourth-order valence-corrected chi connectivity index (χ4v) is 0. The zero-order valence-electron chi connectivity index (χ0n) is 2.69. The Balaban J connectivity index is 3.26. The molecule has 36 valence electrons. The van der Waals surface area contributed by atoms with Crippen LogP contribution in [-0.2, 0) is 4.79 Å².